The van der Waals surface area contributed by atoms with Gasteiger partial charge in [-0.05, 0) is 55.2 Å². The van der Waals surface area contributed by atoms with Gasteiger partial charge in [0.1, 0.15) is 5.75 Å². The Kier molecular flexibility index (Phi) is 5.35. The summed E-state index contributed by atoms with van der Waals surface area (Å²) in [5, 5.41) is 8.48. The Bertz CT molecular complexity index is 982. The number of carbonyl (C=O) groups is 1. The molecule has 0 saturated heterocycles. The van der Waals surface area contributed by atoms with E-state index in [1.54, 1.807) is 31.4 Å². The van der Waals surface area contributed by atoms with E-state index < -0.39 is 0 Å². The quantitative estimate of drug-likeness (QED) is 0.696. The van der Waals surface area contributed by atoms with Crippen molar-refractivity contribution in [3.8, 4) is 5.75 Å². The molecule has 28 heavy (non-hydrogen) atoms. The molecule has 0 saturated carbocycles. The topological polar surface area (TPSA) is 56.1 Å². The highest BCUT2D eigenvalue weighted by atomic mass is 35.5. The molecule has 1 N–H and O–H groups in total. The van der Waals surface area contributed by atoms with Gasteiger partial charge in [0.15, 0.2) is 0 Å². The third kappa shape index (κ3) is 3.76. The minimum atomic E-state index is -0.0839. The number of halogens is 1. The number of hydrogen-bond acceptors (Lipinski definition) is 3. The van der Waals surface area contributed by atoms with Crippen molar-refractivity contribution < 1.29 is 9.53 Å². The molecular weight excluding hydrogens is 374 g/mol. The first-order valence-electron chi connectivity index (χ1n) is 9.38. The number of methoxy groups -OCH3 is 1. The Labute approximate surface area is 169 Å². The zero-order chi connectivity index (χ0) is 19.5. The van der Waals surface area contributed by atoms with Gasteiger partial charge in [0, 0.05) is 21.8 Å². The van der Waals surface area contributed by atoms with E-state index in [2.05, 4.69) is 10.4 Å². The molecule has 0 radical (unpaired) electrons. The summed E-state index contributed by atoms with van der Waals surface area (Å²) < 4.78 is 7.16. The molecule has 0 bridgehead atoms. The Morgan fingerprint density at radius 2 is 2.04 bits per heavy atom. The van der Waals surface area contributed by atoms with Gasteiger partial charge in [0.05, 0.1) is 25.9 Å². The lowest BCUT2D eigenvalue weighted by molar-refractivity contribution is 0.0932. The van der Waals surface area contributed by atoms with Crippen LogP contribution in [0.4, 0.5) is 0 Å². The highest BCUT2D eigenvalue weighted by molar-refractivity contribution is 6.31. The molecule has 1 aliphatic rings. The summed E-state index contributed by atoms with van der Waals surface area (Å²) in [5.74, 6) is 0.650. The van der Waals surface area contributed by atoms with E-state index in [0.717, 1.165) is 41.2 Å². The van der Waals surface area contributed by atoms with Crippen molar-refractivity contribution in [2.45, 2.75) is 31.8 Å². The third-order valence-electron chi connectivity index (χ3n) is 5.20. The molecule has 0 spiro atoms. The van der Waals surface area contributed by atoms with E-state index in [1.165, 1.54) is 5.69 Å². The van der Waals surface area contributed by atoms with E-state index in [9.17, 15) is 4.79 Å². The number of nitrogens with zero attached hydrogens (tertiary/aromatic N) is 2. The van der Waals surface area contributed by atoms with Crippen molar-refractivity contribution in [2.75, 3.05) is 7.11 Å². The van der Waals surface area contributed by atoms with Crippen molar-refractivity contribution in [3.63, 3.8) is 0 Å². The number of ether oxygens (including phenoxy) is 1. The number of aromatic nitrogens is 2. The molecular formula is C22H22ClN3O2. The molecule has 1 aliphatic carbocycles. The molecule has 3 aromatic rings. The number of fused-ring (bicyclic) bond motifs is 1. The summed E-state index contributed by atoms with van der Waals surface area (Å²) in [6.45, 7) is 0.633. The molecule has 0 aliphatic heterocycles. The monoisotopic (exact) mass is 395 g/mol. The van der Waals surface area contributed by atoms with Crippen molar-refractivity contribution in [3.05, 3.63) is 82.1 Å². The number of rotatable bonds is 5. The van der Waals surface area contributed by atoms with Gasteiger partial charge in [0.2, 0.25) is 0 Å². The maximum absolute atomic E-state index is 12.7. The minimum absolute atomic E-state index is 0.0293. The summed E-state index contributed by atoms with van der Waals surface area (Å²) in [6.07, 6.45) is 4.75. The fraction of sp³-hybridized carbons (Fsp3) is 0.273. The van der Waals surface area contributed by atoms with E-state index in [-0.39, 0.29) is 11.9 Å². The summed E-state index contributed by atoms with van der Waals surface area (Å²) in [7, 11) is 1.61. The molecule has 0 fully saturated rings. The van der Waals surface area contributed by atoms with Crippen LogP contribution >= 0.6 is 11.6 Å². The first-order chi connectivity index (χ1) is 13.7. The van der Waals surface area contributed by atoms with Gasteiger partial charge in [-0.2, -0.15) is 5.10 Å². The van der Waals surface area contributed by atoms with Crippen LogP contribution in [0.1, 0.15) is 46.1 Å². The molecule has 1 atom stereocenters. The largest absolute Gasteiger partial charge is 0.497 e. The highest BCUT2D eigenvalue weighted by Gasteiger charge is 2.26. The van der Waals surface area contributed by atoms with Gasteiger partial charge in [-0.3, -0.25) is 9.48 Å². The third-order valence-corrected chi connectivity index (χ3v) is 5.57. The predicted octanol–water partition coefficient (Wildman–Crippen LogP) is 4.40. The highest BCUT2D eigenvalue weighted by Crippen LogP contribution is 2.31. The number of carbonyl (C=O) groups excluding carboxylic acids is 1. The summed E-state index contributed by atoms with van der Waals surface area (Å²) in [6, 6.07) is 14.9. The second kappa shape index (κ2) is 8.07. The molecule has 0 unspecified atom stereocenters. The fourth-order valence-electron chi connectivity index (χ4n) is 3.68. The molecule has 4 rings (SSSR count). The van der Waals surface area contributed by atoms with Crippen molar-refractivity contribution in [1.29, 1.82) is 0 Å². The molecule has 2 aromatic carbocycles. The van der Waals surface area contributed by atoms with Crippen LogP contribution in [0.15, 0.2) is 54.7 Å². The van der Waals surface area contributed by atoms with E-state index in [1.807, 2.05) is 35.1 Å². The zero-order valence-corrected chi connectivity index (χ0v) is 16.4. The van der Waals surface area contributed by atoms with Gasteiger partial charge in [-0.15, -0.1) is 0 Å². The lowest BCUT2D eigenvalue weighted by Gasteiger charge is -2.24. The second-order valence-electron chi connectivity index (χ2n) is 6.94. The molecule has 1 aromatic heterocycles. The van der Waals surface area contributed by atoms with Crippen LogP contribution < -0.4 is 10.1 Å². The summed E-state index contributed by atoms with van der Waals surface area (Å²) in [4.78, 5) is 12.7. The van der Waals surface area contributed by atoms with Crippen LogP contribution in [-0.2, 0) is 13.0 Å². The van der Waals surface area contributed by atoms with Crippen molar-refractivity contribution >= 4 is 17.5 Å². The zero-order valence-electron chi connectivity index (χ0n) is 15.7. The Morgan fingerprint density at radius 1 is 1.25 bits per heavy atom. The molecule has 6 heteroatoms. The lowest BCUT2D eigenvalue weighted by atomic mass is 9.92. The smallest absolute Gasteiger partial charge is 0.251 e. The summed E-state index contributed by atoms with van der Waals surface area (Å²) >= 11 is 6.30. The first kappa shape index (κ1) is 18.6. The molecule has 1 amide bonds. The van der Waals surface area contributed by atoms with E-state index in [0.29, 0.717) is 12.1 Å². The van der Waals surface area contributed by atoms with Gasteiger partial charge < -0.3 is 10.1 Å². The van der Waals surface area contributed by atoms with Gasteiger partial charge in [-0.1, -0.05) is 29.8 Å². The average molecular weight is 396 g/mol. The first-order valence-corrected chi connectivity index (χ1v) is 9.76. The van der Waals surface area contributed by atoms with Gasteiger partial charge in [-0.25, -0.2) is 0 Å². The van der Waals surface area contributed by atoms with Crippen LogP contribution in [0.5, 0.6) is 5.75 Å². The average Bonchev–Trinajstić information content (AvgIpc) is 3.14. The summed E-state index contributed by atoms with van der Waals surface area (Å²) in [5.41, 5.74) is 3.93. The number of benzene rings is 2. The predicted molar refractivity (Wildman–Crippen MR) is 109 cm³/mol. The number of amides is 1. The SMILES string of the molecule is COc1ccc(C(=O)N[C@H]2CCCc3c2cnn3Cc2ccccc2Cl)cc1. The van der Waals surface area contributed by atoms with E-state index in [4.69, 9.17) is 16.3 Å². The standard InChI is InChI=1S/C22H22ClN3O2/c1-28-17-11-9-15(10-12-17)22(27)25-20-7-4-8-21-18(20)13-24-26(21)14-16-5-2-3-6-19(16)23/h2-3,5-6,9-13,20H,4,7-8,14H2,1H3,(H,25,27)/t20-/m0/s1. The van der Waals surface area contributed by atoms with Crippen molar-refractivity contribution in [1.82, 2.24) is 15.1 Å². The van der Waals surface area contributed by atoms with Crippen LogP contribution in [0.25, 0.3) is 0 Å². The molecule has 144 valence electrons. The van der Waals surface area contributed by atoms with Crippen LogP contribution in [-0.4, -0.2) is 22.8 Å². The number of hydrogen-bond donors (Lipinski definition) is 1. The molecule has 1 heterocycles. The normalized spacial score (nSPS) is 15.7. The Balaban J connectivity index is 1.52. The maximum Gasteiger partial charge on any atom is 0.251 e. The lowest BCUT2D eigenvalue weighted by Crippen LogP contribution is -2.31. The van der Waals surface area contributed by atoms with Crippen molar-refractivity contribution in [2.24, 2.45) is 0 Å². The van der Waals surface area contributed by atoms with Gasteiger partial charge >= 0.3 is 0 Å². The van der Waals surface area contributed by atoms with Crippen LogP contribution in [0, 0.1) is 0 Å². The van der Waals surface area contributed by atoms with E-state index >= 15 is 0 Å². The number of nitrogens with one attached hydrogen (secondary N) is 1. The van der Waals surface area contributed by atoms with Crippen LogP contribution in [0.2, 0.25) is 5.02 Å². The minimum Gasteiger partial charge on any atom is -0.497 e. The second-order valence-corrected chi connectivity index (χ2v) is 7.35. The molecule has 5 nitrogen and oxygen atoms in total. The Hall–Kier alpha value is -2.79. The van der Waals surface area contributed by atoms with Crippen LogP contribution in [0.3, 0.4) is 0 Å². The fourth-order valence-corrected chi connectivity index (χ4v) is 3.87. The van der Waals surface area contributed by atoms with Gasteiger partial charge in [0.25, 0.3) is 5.91 Å². The Morgan fingerprint density at radius 3 is 2.79 bits per heavy atom. The maximum atomic E-state index is 12.7.